The van der Waals surface area contributed by atoms with Crippen molar-refractivity contribution < 1.29 is 4.79 Å². The average Bonchev–Trinajstić information content (AvgIpc) is 2.92. The van der Waals surface area contributed by atoms with Crippen LogP contribution in [0.2, 0.25) is 0 Å². The van der Waals surface area contributed by atoms with Crippen LogP contribution in [0.5, 0.6) is 0 Å². The lowest BCUT2D eigenvalue weighted by molar-refractivity contribution is -0.134. The van der Waals surface area contributed by atoms with Crippen molar-refractivity contribution >= 4 is 5.91 Å². The molecule has 2 saturated heterocycles. The van der Waals surface area contributed by atoms with Gasteiger partial charge in [0.2, 0.25) is 5.91 Å². The smallest absolute Gasteiger partial charge is 0.236 e. The molecule has 1 N–H and O–H groups in total. The molecule has 0 bridgehead atoms. The zero-order chi connectivity index (χ0) is 13.7. The van der Waals surface area contributed by atoms with Gasteiger partial charge in [0.05, 0.1) is 6.54 Å². The highest BCUT2D eigenvalue weighted by Gasteiger charge is 2.26. The Hall–Kier alpha value is -0.610. The second kappa shape index (κ2) is 7.25. The van der Waals surface area contributed by atoms with E-state index in [4.69, 9.17) is 0 Å². The van der Waals surface area contributed by atoms with Crippen LogP contribution in [-0.2, 0) is 4.79 Å². The third kappa shape index (κ3) is 4.18. The fourth-order valence-corrected chi connectivity index (χ4v) is 3.16. The number of hydrogen-bond donors (Lipinski definition) is 1. The molecule has 0 radical (unpaired) electrons. The van der Waals surface area contributed by atoms with Crippen molar-refractivity contribution in [3.63, 3.8) is 0 Å². The number of rotatable bonds is 5. The van der Waals surface area contributed by atoms with Gasteiger partial charge in [0, 0.05) is 25.7 Å². The van der Waals surface area contributed by atoms with Crippen LogP contribution in [0, 0.1) is 5.92 Å². The molecule has 0 aromatic heterocycles. The minimum atomic E-state index is 0.340. The van der Waals surface area contributed by atoms with Gasteiger partial charge < -0.3 is 10.2 Å². The van der Waals surface area contributed by atoms with E-state index in [1.165, 1.54) is 19.3 Å². The Morgan fingerprint density at radius 3 is 2.63 bits per heavy atom. The van der Waals surface area contributed by atoms with Crippen LogP contribution in [-0.4, -0.2) is 61.0 Å². The van der Waals surface area contributed by atoms with Gasteiger partial charge >= 0.3 is 0 Å². The van der Waals surface area contributed by atoms with E-state index in [0.29, 0.717) is 18.5 Å². The van der Waals surface area contributed by atoms with E-state index in [1.54, 1.807) is 0 Å². The van der Waals surface area contributed by atoms with Crippen molar-refractivity contribution in [3.05, 3.63) is 0 Å². The van der Waals surface area contributed by atoms with Gasteiger partial charge in [-0.15, -0.1) is 0 Å². The summed E-state index contributed by atoms with van der Waals surface area (Å²) in [7, 11) is 0. The van der Waals surface area contributed by atoms with Gasteiger partial charge in [-0.1, -0.05) is 13.8 Å². The number of hydrogen-bond acceptors (Lipinski definition) is 3. The first kappa shape index (κ1) is 14.8. The van der Waals surface area contributed by atoms with Crippen molar-refractivity contribution in [2.75, 3.05) is 39.3 Å². The van der Waals surface area contributed by atoms with Crippen LogP contribution in [0.3, 0.4) is 0 Å². The third-order valence-electron chi connectivity index (χ3n) is 4.54. The lowest BCUT2D eigenvalue weighted by Crippen LogP contribution is -2.47. The maximum Gasteiger partial charge on any atom is 0.236 e. The van der Waals surface area contributed by atoms with E-state index < -0.39 is 0 Å². The van der Waals surface area contributed by atoms with Crippen LogP contribution in [0.15, 0.2) is 0 Å². The predicted molar refractivity (Wildman–Crippen MR) is 78.1 cm³/mol. The summed E-state index contributed by atoms with van der Waals surface area (Å²) >= 11 is 0. The Bertz CT molecular complexity index is 281. The molecule has 0 saturated carbocycles. The summed E-state index contributed by atoms with van der Waals surface area (Å²) in [5, 5.41) is 3.40. The lowest BCUT2D eigenvalue weighted by Gasteiger charge is -2.34. The molecular weight excluding hydrogens is 238 g/mol. The first-order chi connectivity index (χ1) is 9.20. The molecule has 2 aliphatic heterocycles. The van der Waals surface area contributed by atoms with Crippen LogP contribution < -0.4 is 5.32 Å². The molecule has 0 spiro atoms. The van der Waals surface area contributed by atoms with Gasteiger partial charge in [-0.2, -0.15) is 0 Å². The van der Waals surface area contributed by atoms with Gasteiger partial charge in [0.1, 0.15) is 0 Å². The van der Waals surface area contributed by atoms with Crippen molar-refractivity contribution in [1.82, 2.24) is 15.1 Å². The van der Waals surface area contributed by atoms with Crippen LogP contribution in [0.1, 0.15) is 39.5 Å². The van der Waals surface area contributed by atoms with E-state index in [9.17, 15) is 4.79 Å². The number of carbonyl (C=O) groups is 1. The minimum absolute atomic E-state index is 0.340. The average molecular weight is 267 g/mol. The predicted octanol–water partition coefficient (Wildman–Crippen LogP) is 1.32. The number of piperidine rings is 1. The summed E-state index contributed by atoms with van der Waals surface area (Å²) in [5.41, 5.74) is 0. The highest BCUT2D eigenvalue weighted by atomic mass is 16.2. The molecule has 2 fully saturated rings. The molecule has 110 valence electrons. The fraction of sp³-hybridized carbons (Fsp3) is 0.933. The molecule has 1 unspecified atom stereocenters. The fourth-order valence-electron chi connectivity index (χ4n) is 3.16. The van der Waals surface area contributed by atoms with E-state index >= 15 is 0 Å². The van der Waals surface area contributed by atoms with Crippen LogP contribution in [0.4, 0.5) is 0 Å². The molecule has 4 heteroatoms. The van der Waals surface area contributed by atoms with Crippen molar-refractivity contribution in [3.8, 4) is 0 Å². The molecule has 2 heterocycles. The normalized spacial score (nSPS) is 25.2. The molecule has 4 nitrogen and oxygen atoms in total. The largest absolute Gasteiger partial charge is 0.342 e. The number of nitrogens with zero attached hydrogens (tertiary/aromatic N) is 2. The van der Waals surface area contributed by atoms with E-state index in [2.05, 4.69) is 29.0 Å². The van der Waals surface area contributed by atoms with Crippen molar-refractivity contribution in [2.45, 2.75) is 45.6 Å². The zero-order valence-corrected chi connectivity index (χ0v) is 12.5. The Morgan fingerprint density at radius 1 is 1.32 bits per heavy atom. The van der Waals surface area contributed by atoms with Gasteiger partial charge in [-0.25, -0.2) is 0 Å². The number of carbonyl (C=O) groups excluding carboxylic acids is 1. The number of likely N-dealkylation sites (tertiary alicyclic amines) is 1. The van der Waals surface area contributed by atoms with E-state index in [1.807, 2.05) is 0 Å². The molecule has 1 atom stereocenters. The Balaban J connectivity index is 1.83. The Kier molecular flexibility index (Phi) is 5.64. The van der Waals surface area contributed by atoms with Gasteiger partial charge in [-0.3, -0.25) is 9.69 Å². The quantitative estimate of drug-likeness (QED) is 0.816. The van der Waals surface area contributed by atoms with Gasteiger partial charge in [0.15, 0.2) is 0 Å². The number of nitrogens with one attached hydrogen (secondary N) is 1. The highest BCUT2D eigenvalue weighted by Crippen LogP contribution is 2.17. The highest BCUT2D eigenvalue weighted by molar-refractivity contribution is 5.78. The first-order valence-electron chi connectivity index (χ1n) is 7.93. The minimum Gasteiger partial charge on any atom is -0.342 e. The molecule has 1 amide bonds. The summed E-state index contributed by atoms with van der Waals surface area (Å²) in [6.45, 7) is 10.2. The van der Waals surface area contributed by atoms with Gasteiger partial charge in [0.25, 0.3) is 0 Å². The van der Waals surface area contributed by atoms with Crippen molar-refractivity contribution in [2.24, 2.45) is 5.92 Å². The lowest BCUT2D eigenvalue weighted by atomic mass is 9.99. The first-order valence-corrected chi connectivity index (χ1v) is 7.93. The summed E-state index contributed by atoms with van der Waals surface area (Å²) < 4.78 is 0. The molecule has 2 aliphatic rings. The van der Waals surface area contributed by atoms with Crippen LogP contribution in [0.25, 0.3) is 0 Å². The summed E-state index contributed by atoms with van der Waals surface area (Å²) in [6, 6.07) is 0.563. The molecule has 0 aromatic carbocycles. The summed E-state index contributed by atoms with van der Waals surface area (Å²) in [4.78, 5) is 16.9. The molecule has 2 rings (SSSR count). The molecule has 19 heavy (non-hydrogen) atoms. The second-order valence-corrected chi connectivity index (χ2v) is 6.18. The monoisotopic (exact) mass is 267 g/mol. The standard InChI is InChI=1S/C15H29N3O/c1-3-8-18(14-4-7-16-11-14)12-15(19)17-9-5-13(2)6-10-17/h13-14,16H,3-12H2,1-2H3. The zero-order valence-electron chi connectivity index (χ0n) is 12.5. The van der Waals surface area contributed by atoms with Crippen LogP contribution >= 0.6 is 0 Å². The Morgan fingerprint density at radius 2 is 2.05 bits per heavy atom. The molecule has 0 aliphatic carbocycles. The van der Waals surface area contributed by atoms with E-state index in [-0.39, 0.29) is 0 Å². The maximum absolute atomic E-state index is 12.4. The third-order valence-corrected chi connectivity index (χ3v) is 4.54. The maximum atomic E-state index is 12.4. The molecule has 0 aromatic rings. The summed E-state index contributed by atoms with van der Waals surface area (Å²) in [5.74, 6) is 1.13. The molecular formula is C15H29N3O. The Labute approximate surface area is 117 Å². The van der Waals surface area contributed by atoms with Gasteiger partial charge in [-0.05, 0) is 44.7 Å². The van der Waals surface area contributed by atoms with E-state index in [0.717, 1.165) is 45.1 Å². The SMILES string of the molecule is CCCN(CC(=O)N1CCC(C)CC1)C1CCNC1. The topological polar surface area (TPSA) is 35.6 Å². The second-order valence-electron chi connectivity index (χ2n) is 6.18. The number of amides is 1. The summed E-state index contributed by atoms with van der Waals surface area (Å²) in [6.07, 6.45) is 4.65. The van der Waals surface area contributed by atoms with Crippen molar-refractivity contribution in [1.29, 1.82) is 0 Å².